The largest absolute Gasteiger partial charge is 0.494 e. The van der Waals surface area contributed by atoms with Gasteiger partial charge < -0.3 is 10.1 Å². The van der Waals surface area contributed by atoms with E-state index in [-0.39, 0.29) is 17.6 Å². The summed E-state index contributed by atoms with van der Waals surface area (Å²) in [6, 6.07) is 6.22. The fraction of sp³-hybridized carbons (Fsp3) is 0.421. The molecule has 4 rings (SSSR count). The summed E-state index contributed by atoms with van der Waals surface area (Å²) in [7, 11) is 0. The summed E-state index contributed by atoms with van der Waals surface area (Å²) >= 11 is 0. The van der Waals surface area contributed by atoms with Gasteiger partial charge in [-0.1, -0.05) is 19.1 Å². The lowest BCUT2D eigenvalue weighted by Gasteiger charge is -2.34. The van der Waals surface area contributed by atoms with Crippen molar-refractivity contribution in [3.63, 3.8) is 0 Å². The zero-order valence-corrected chi connectivity index (χ0v) is 15.4. The van der Waals surface area contributed by atoms with Gasteiger partial charge in [-0.15, -0.1) is 5.10 Å². The zero-order valence-electron chi connectivity index (χ0n) is 15.4. The quantitative estimate of drug-likeness (QED) is 0.856. The van der Waals surface area contributed by atoms with Crippen LogP contribution in [0.3, 0.4) is 0 Å². The molecule has 2 aliphatic rings. The summed E-state index contributed by atoms with van der Waals surface area (Å²) in [4.78, 5) is 16.5. The number of allylic oxidation sites excluding steroid dienone is 2. The average molecular weight is 392 g/mol. The minimum atomic E-state index is -4.68. The molecule has 0 saturated heterocycles. The van der Waals surface area contributed by atoms with Gasteiger partial charge in [0.15, 0.2) is 5.78 Å². The third kappa shape index (κ3) is 3.14. The number of halogens is 3. The van der Waals surface area contributed by atoms with Crippen LogP contribution < -0.4 is 10.1 Å². The van der Waals surface area contributed by atoms with Gasteiger partial charge in [0.1, 0.15) is 11.8 Å². The van der Waals surface area contributed by atoms with Crippen LogP contribution in [0.4, 0.5) is 19.1 Å². The van der Waals surface area contributed by atoms with E-state index in [1.54, 1.807) is 24.3 Å². The van der Waals surface area contributed by atoms with Crippen molar-refractivity contribution < 1.29 is 22.7 Å². The van der Waals surface area contributed by atoms with Gasteiger partial charge >= 0.3 is 6.18 Å². The molecule has 0 spiro atoms. The second-order valence-electron chi connectivity index (χ2n) is 7.06. The molecule has 0 fully saturated rings. The molecule has 0 saturated carbocycles. The van der Waals surface area contributed by atoms with Gasteiger partial charge in [0.05, 0.1) is 6.61 Å². The highest BCUT2D eigenvalue weighted by molar-refractivity contribution is 5.99. The Balaban J connectivity index is 1.89. The maximum absolute atomic E-state index is 13.2. The molecule has 2 aromatic rings. The Kier molecular flexibility index (Phi) is 4.40. The molecule has 9 heteroatoms. The Morgan fingerprint density at radius 1 is 1.32 bits per heavy atom. The van der Waals surface area contributed by atoms with Crippen LogP contribution >= 0.6 is 0 Å². The molecule has 1 aromatic heterocycles. The Morgan fingerprint density at radius 2 is 2.11 bits per heavy atom. The molecule has 2 atom stereocenters. The van der Waals surface area contributed by atoms with Gasteiger partial charge in [0, 0.05) is 17.7 Å². The predicted molar refractivity (Wildman–Crippen MR) is 94.8 cm³/mol. The molecule has 1 aliphatic heterocycles. The van der Waals surface area contributed by atoms with Crippen LogP contribution in [0.5, 0.6) is 5.75 Å². The number of Topliss-reactive ketones (excluding diaryl/α,β-unsaturated/α-hetero) is 1. The number of aromatic nitrogens is 3. The van der Waals surface area contributed by atoms with Crippen LogP contribution in [0.15, 0.2) is 35.5 Å². The SMILES string of the molecule is CCOc1cccc(C2C3=C(CC(C)CC3=O)Nc3nc(C(F)(F)F)nn32)c1. The fourth-order valence-electron chi connectivity index (χ4n) is 3.78. The van der Waals surface area contributed by atoms with Crippen LogP contribution in [0, 0.1) is 5.92 Å². The first-order valence-corrected chi connectivity index (χ1v) is 9.07. The monoisotopic (exact) mass is 392 g/mol. The van der Waals surface area contributed by atoms with Crippen molar-refractivity contribution in [2.45, 2.75) is 38.9 Å². The number of ketones is 1. The summed E-state index contributed by atoms with van der Waals surface area (Å²) < 4.78 is 46.3. The maximum atomic E-state index is 13.2. The normalized spacial score (nSPS) is 21.8. The molecule has 0 bridgehead atoms. The fourth-order valence-corrected chi connectivity index (χ4v) is 3.78. The van der Waals surface area contributed by atoms with Crippen molar-refractivity contribution in [1.82, 2.24) is 14.8 Å². The zero-order chi connectivity index (χ0) is 20.1. The van der Waals surface area contributed by atoms with E-state index in [9.17, 15) is 18.0 Å². The summed E-state index contributed by atoms with van der Waals surface area (Å²) in [5.41, 5.74) is 1.68. The molecule has 2 heterocycles. The number of ether oxygens (including phenoxy) is 1. The molecule has 6 nitrogen and oxygen atoms in total. The number of carbonyl (C=O) groups excluding carboxylic acids is 1. The lowest BCUT2D eigenvalue weighted by molar-refractivity contribution is -0.145. The number of hydrogen-bond acceptors (Lipinski definition) is 5. The molecule has 1 aromatic carbocycles. The Morgan fingerprint density at radius 3 is 2.82 bits per heavy atom. The summed E-state index contributed by atoms with van der Waals surface area (Å²) in [6.07, 6.45) is -3.77. The number of nitrogens with one attached hydrogen (secondary N) is 1. The molecular weight excluding hydrogens is 373 g/mol. The van der Waals surface area contributed by atoms with Crippen molar-refractivity contribution in [3.8, 4) is 5.75 Å². The van der Waals surface area contributed by atoms with Crippen LogP contribution in [-0.4, -0.2) is 27.2 Å². The van der Waals surface area contributed by atoms with Gasteiger partial charge in [0.2, 0.25) is 5.95 Å². The highest BCUT2D eigenvalue weighted by atomic mass is 19.4. The van der Waals surface area contributed by atoms with Gasteiger partial charge in [-0.05, 0) is 37.0 Å². The Hall–Kier alpha value is -2.84. The summed E-state index contributed by atoms with van der Waals surface area (Å²) in [5.74, 6) is -0.662. The number of hydrogen-bond donors (Lipinski definition) is 1. The third-order valence-corrected chi connectivity index (χ3v) is 4.86. The van der Waals surface area contributed by atoms with Gasteiger partial charge in [-0.3, -0.25) is 4.79 Å². The smallest absolute Gasteiger partial charge is 0.453 e. The summed E-state index contributed by atoms with van der Waals surface area (Å²) in [6.45, 7) is 4.23. The lowest BCUT2D eigenvalue weighted by Crippen LogP contribution is -2.33. The molecular formula is C19H19F3N4O2. The first kappa shape index (κ1) is 18.5. The highest BCUT2D eigenvalue weighted by Gasteiger charge is 2.43. The van der Waals surface area contributed by atoms with E-state index in [1.165, 1.54) is 0 Å². The van der Waals surface area contributed by atoms with Crippen LogP contribution in [0.25, 0.3) is 0 Å². The van der Waals surface area contributed by atoms with Crippen LogP contribution in [-0.2, 0) is 11.0 Å². The number of nitrogens with zero attached hydrogens (tertiary/aromatic N) is 3. The topological polar surface area (TPSA) is 69.0 Å². The van der Waals surface area contributed by atoms with Crippen molar-refractivity contribution in [3.05, 3.63) is 46.9 Å². The van der Waals surface area contributed by atoms with Gasteiger partial charge in [0.25, 0.3) is 5.82 Å². The van der Waals surface area contributed by atoms with E-state index in [1.807, 2.05) is 13.8 Å². The molecule has 1 N–H and O–H groups in total. The van der Waals surface area contributed by atoms with Crippen molar-refractivity contribution in [1.29, 1.82) is 0 Å². The van der Waals surface area contributed by atoms with Crippen LogP contribution in [0.1, 0.15) is 44.1 Å². The summed E-state index contributed by atoms with van der Waals surface area (Å²) in [5, 5.41) is 6.60. The lowest BCUT2D eigenvalue weighted by atomic mass is 9.81. The molecule has 1 aliphatic carbocycles. The van der Waals surface area contributed by atoms with Crippen molar-refractivity contribution in [2.75, 3.05) is 11.9 Å². The predicted octanol–water partition coefficient (Wildman–Crippen LogP) is 3.96. The van der Waals surface area contributed by atoms with Crippen molar-refractivity contribution >= 4 is 11.7 Å². The standard InChI is InChI=1S/C19H19F3N4O2/c1-3-28-12-6-4-5-11(9-12)16-15-13(7-10(2)8-14(15)27)23-18-24-17(19(20,21)22)25-26(16)18/h4-6,9-10,16H,3,7-8H2,1-2H3,(H,23,24,25). The second-order valence-corrected chi connectivity index (χ2v) is 7.06. The Labute approximate surface area is 159 Å². The molecule has 0 amide bonds. The number of alkyl halides is 3. The number of carbonyl (C=O) groups is 1. The number of benzene rings is 1. The van der Waals surface area contributed by atoms with E-state index in [2.05, 4.69) is 15.4 Å². The van der Waals surface area contributed by atoms with E-state index in [0.29, 0.717) is 42.0 Å². The van der Waals surface area contributed by atoms with E-state index >= 15 is 0 Å². The van der Waals surface area contributed by atoms with E-state index in [0.717, 1.165) is 4.68 Å². The highest BCUT2D eigenvalue weighted by Crippen LogP contribution is 2.42. The molecule has 2 unspecified atom stereocenters. The Bertz CT molecular complexity index is 964. The minimum absolute atomic E-state index is 0.0141. The van der Waals surface area contributed by atoms with Crippen LogP contribution in [0.2, 0.25) is 0 Å². The van der Waals surface area contributed by atoms with Crippen molar-refractivity contribution in [2.24, 2.45) is 5.92 Å². The minimum Gasteiger partial charge on any atom is -0.494 e. The first-order chi connectivity index (χ1) is 13.3. The number of anilines is 1. The molecule has 0 radical (unpaired) electrons. The second kappa shape index (κ2) is 6.65. The van der Waals surface area contributed by atoms with Gasteiger partial charge in [-0.2, -0.15) is 18.2 Å². The number of fused-ring (bicyclic) bond motifs is 1. The third-order valence-electron chi connectivity index (χ3n) is 4.86. The molecule has 148 valence electrons. The van der Waals surface area contributed by atoms with E-state index < -0.39 is 18.0 Å². The number of rotatable bonds is 3. The first-order valence-electron chi connectivity index (χ1n) is 9.07. The molecule has 28 heavy (non-hydrogen) atoms. The maximum Gasteiger partial charge on any atom is 0.453 e. The average Bonchev–Trinajstić information content (AvgIpc) is 3.04. The van der Waals surface area contributed by atoms with E-state index in [4.69, 9.17) is 4.74 Å². The van der Waals surface area contributed by atoms with Gasteiger partial charge in [-0.25, -0.2) is 4.68 Å².